The van der Waals surface area contributed by atoms with Gasteiger partial charge in [0, 0.05) is 42.3 Å². The maximum atomic E-state index is 14.1. The number of amides is 2. The number of hydrogen-bond acceptors (Lipinski definition) is 4. The number of aryl methyl sites for hydroxylation is 2. The molecule has 0 spiro atoms. The Kier molecular flexibility index (Phi) is 10.7. The molecule has 1 aliphatic rings. The average molecular weight is 598 g/mol. The number of carbonyl (C=O) groups is 2. The zero-order valence-electron chi connectivity index (χ0n) is 23.2. The number of carbonyl (C=O) groups excluding carboxylic acids is 2. The Bertz CT molecular complexity index is 1280. The Morgan fingerprint density at radius 1 is 1.05 bits per heavy atom. The topological polar surface area (TPSA) is 90.0 Å². The lowest BCUT2D eigenvalue weighted by atomic mass is 10.1. The van der Waals surface area contributed by atoms with Crippen LogP contribution in [0.15, 0.2) is 36.4 Å². The Labute approximate surface area is 242 Å². The van der Waals surface area contributed by atoms with Crippen LogP contribution in [0.3, 0.4) is 0 Å². The van der Waals surface area contributed by atoms with E-state index < -0.39 is 28.7 Å². The number of nitrogens with zero attached hydrogens (tertiary/aromatic N) is 3. The summed E-state index contributed by atoms with van der Waals surface area (Å²) in [6.07, 6.45) is 4.22. The largest absolute Gasteiger partial charge is 0.352 e. The Morgan fingerprint density at radius 3 is 2.23 bits per heavy atom. The lowest BCUT2D eigenvalue weighted by Crippen LogP contribution is -2.54. The molecule has 1 saturated carbocycles. The summed E-state index contributed by atoms with van der Waals surface area (Å²) in [7, 11) is -1.21. The summed E-state index contributed by atoms with van der Waals surface area (Å²) >= 11 is 12.9. The van der Waals surface area contributed by atoms with Crippen molar-refractivity contribution in [2.75, 3.05) is 24.9 Å². The summed E-state index contributed by atoms with van der Waals surface area (Å²) in [6.45, 7) is 4.93. The third-order valence-electron chi connectivity index (χ3n) is 7.13. The second-order valence-electron chi connectivity index (χ2n) is 10.2. The van der Waals surface area contributed by atoms with Gasteiger partial charge in [0.2, 0.25) is 11.8 Å². The molecular weight excluding hydrogens is 559 g/mol. The van der Waals surface area contributed by atoms with E-state index in [1.54, 1.807) is 31.2 Å². The van der Waals surface area contributed by atoms with Gasteiger partial charge in [-0.1, -0.05) is 61.2 Å². The molecule has 1 fully saturated rings. The molecule has 2 aromatic rings. The molecule has 1 unspecified atom stereocenters. The Balaban J connectivity index is 2.05. The Hall–Kier alpha value is -2.33. The smallest absolute Gasteiger partial charge is 0.304 e. The van der Waals surface area contributed by atoms with Gasteiger partial charge in [0.1, 0.15) is 12.6 Å². The van der Waals surface area contributed by atoms with Crippen LogP contribution in [-0.2, 0) is 26.3 Å². The molecule has 0 aromatic heterocycles. The van der Waals surface area contributed by atoms with Gasteiger partial charge in [0.25, 0.3) is 0 Å². The predicted octanol–water partition coefficient (Wildman–Crippen LogP) is 5.09. The average Bonchev–Trinajstić information content (AvgIpc) is 3.38. The molecule has 39 heavy (non-hydrogen) atoms. The first-order chi connectivity index (χ1) is 18.4. The predicted molar refractivity (Wildman–Crippen MR) is 157 cm³/mol. The van der Waals surface area contributed by atoms with E-state index in [1.165, 1.54) is 19.0 Å². The SMILES string of the molecule is CCC(C(=O)NC1CCCC1)N(Cc1c(Cl)cccc1Cl)C(=O)CN(c1cc(C)ccc1C)S(=O)(=O)N(C)C. The van der Waals surface area contributed by atoms with E-state index in [4.69, 9.17) is 23.2 Å². The zero-order valence-corrected chi connectivity index (χ0v) is 25.5. The maximum absolute atomic E-state index is 14.1. The summed E-state index contributed by atoms with van der Waals surface area (Å²) in [6, 6.07) is 9.71. The quantitative estimate of drug-likeness (QED) is 0.391. The van der Waals surface area contributed by atoms with E-state index in [9.17, 15) is 18.0 Å². The summed E-state index contributed by atoms with van der Waals surface area (Å²) in [5, 5.41) is 3.81. The molecule has 8 nitrogen and oxygen atoms in total. The molecule has 2 aromatic carbocycles. The van der Waals surface area contributed by atoms with Gasteiger partial charge in [-0.05, 0) is 62.4 Å². The van der Waals surface area contributed by atoms with E-state index in [-0.39, 0.29) is 18.5 Å². The van der Waals surface area contributed by atoms with Crippen LogP contribution in [0.1, 0.15) is 55.7 Å². The Morgan fingerprint density at radius 2 is 1.67 bits per heavy atom. The van der Waals surface area contributed by atoms with Crippen molar-refractivity contribution in [2.45, 2.75) is 71.5 Å². The van der Waals surface area contributed by atoms with Crippen molar-refractivity contribution in [1.29, 1.82) is 0 Å². The van der Waals surface area contributed by atoms with Crippen molar-refractivity contribution in [1.82, 2.24) is 14.5 Å². The van der Waals surface area contributed by atoms with E-state index in [2.05, 4.69) is 5.32 Å². The first-order valence-corrected chi connectivity index (χ1v) is 15.3. The molecule has 0 radical (unpaired) electrons. The molecule has 0 bridgehead atoms. The van der Waals surface area contributed by atoms with Crippen molar-refractivity contribution in [3.05, 3.63) is 63.1 Å². The third-order valence-corrected chi connectivity index (χ3v) is 9.64. The number of hydrogen-bond donors (Lipinski definition) is 1. The molecule has 0 saturated heterocycles. The number of nitrogens with one attached hydrogen (secondary N) is 1. The minimum absolute atomic E-state index is 0.0451. The number of halogens is 2. The van der Waals surface area contributed by atoms with Gasteiger partial charge in [0.15, 0.2) is 0 Å². The van der Waals surface area contributed by atoms with Gasteiger partial charge >= 0.3 is 10.2 Å². The first kappa shape index (κ1) is 31.2. The molecule has 3 rings (SSSR count). The highest BCUT2D eigenvalue weighted by Gasteiger charge is 2.35. The van der Waals surface area contributed by atoms with Crippen LogP contribution in [0, 0.1) is 13.8 Å². The lowest BCUT2D eigenvalue weighted by Gasteiger charge is -2.35. The molecule has 214 valence electrons. The molecular formula is C28H38Cl2N4O4S. The molecule has 0 heterocycles. The van der Waals surface area contributed by atoms with Crippen molar-refractivity contribution >= 4 is 50.9 Å². The van der Waals surface area contributed by atoms with Crippen LogP contribution in [0.4, 0.5) is 5.69 Å². The van der Waals surface area contributed by atoms with Crippen LogP contribution in [0.2, 0.25) is 10.0 Å². The lowest BCUT2D eigenvalue weighted by molar-refractivity contribution is -0.140. The van der Waals surface area contributed by atoms with Gasteiger partial charge < -0.3 is 10.2 Å². The number of rotatable bonds is 11. The maximum Gasteiger partial charge on any atom is 0.304 e. The van der Waals surface area contributed by atoms with Crippen LogP contribution in [0.5, 0.6) is 0 Å². The second kappa shape index (κ2) is 13.4. The van der Waals surface area contributed by atoms with Crippen LogP contribution >= 0.6 is 23.2 Å². The van der Waals surface area contributed by atoms with E-state index in [1.807, 2.05) is 26.0 Å². The molecule has 2 amide bonds. The fraction of sp³-hybridized carbons (Fsp3) is 0.500. The third kappa shape index (κ3) is 7.45. The highest BCUT2D eigenvalue weighted by Crippen LogP contribution is 2.29. The fourth-order valence-corrected chi connectivity index (χ4v) is 6.46. The van der Waals surface area contributed by atoms with E-state index >= 15 is 0 Å². The minimum Gasteiger partial charge on any atom is -0.352 e. The second-order valence-corrected chi connectivity index (χ2v) is 13.1. The van der Waals surface area contributed by atoms with Crippen LogP contribution in [-0.4, -0.2) is 62.2 Å². The van der Waals surface area contributed by atoms with E-state index in [0.717, 1.165) is 39.9 Å². The number of benzene rings is 2. The first-order valence-electron chi connectivity index (χ1n) is 13.2. The van der Waals surface area contributed by atoms with Gasteiger partial charge in [-0.3, -0.25) is 9.59 Å². The van der Waals surface area contributed by atoms with Crippen molar-refractivity contribution < 1.29 is 18.0 Å². The molecule has 1 atom stereocenters. The van der Waals surface area contributed by atoms with Gasteiger partial charge in [-0.15, -0.1) is 0 Å². The van der Waals surface area contributed by atoms with Gasteiger partial charge in [-0.2, -0.15) is 12.7 Å². The normalized spacial score (nSPS) is 14.9. The highest BCUT2D eigenvalue weighted by atomic mass is 35.5. The minimum atomic E-state index is -4.05. The van der Waals surface area contributed by atoms with Gasteiger partial charge in [-0.25, -0.2) is 4.31 Å². The summed E-state index contributed by atoms with van der Waals surface area (Å²) in [4.78, 5) is 29.0. The molecule has 1 N–H and O–H groups in total. The van der Waals surface area contributed by atoms with Crippen LogP contribution < -0.4 is 9.62 Å². The van der Waals surface area contributed by atoms with Crippen molar-refractivity contribution in [2.24, 2.45) is 0 Å². The monoisotopic (exact) mass is 596 g/mol. The van der Waals surface area contributed by atoms with Crippen molar-refractivity contribution in [3.63, 3.8) is 0 Å². The number of anilines is 1. The summed E-state index contributed by atoms with van der Waals surface area (Å²) in [5.41, 5.74) is 2.45. The van der Waals surface area contributed by atoms with Crippen molar-refractivity contribution in [3.8, 4) is 0 Å². The highest BCUT2D eigenvalue weighted by molar-refractivity contribution is 7.90. The summed E-state index contributed by atoms with van der Waals surface area (Å²) < 4.78 is 29.1. The van der Waals surface area contributed by atoms with Gasteiger partial charge in [0.05, 0.1) is 5.69 Å². The van der Waals surface area contributed by atoms with Crippen LogP contribution in [0.25, 0.3) is 0 Å². The zero-order chi connectivity index (χ0) is 28.9. The standard InChI is InChI=1S/C28H38Cl2N4O4S/c1-6-25(28(36)31-21-10-7-8-11-21)33(17-22-23(29)12-9-13-24(22)30)27(35)18-34(39(37,38)32(4)5)26-16-19(2)14-15-20(26)3/h9,12-16,21,25H,6-8,10-11,17-18H2,1-5H3,(H,31,36). The molecule has 11 heteroatoms. The molecule has 1 aliphatic carbocycles. The fourth-order valence-electron chi connectivity index (χ4n) is 4.83. The summed E-state index contributed by atoms with van der Waals surface area (Å²) in [5.74, 6) is -0.805. The molecule has 0 aliphatic heterocycles. The van der Waals surface area contributed by atoms with E-state index in [0.29, 0.717) is 33.3 Å².